The first kappa shape index (κ1) is 20.8. The molecule has 2 aromatic rings. The van der Waals surface area contributed by atoms with Crippen LogP contribution in [0.2, 0.25) is 0 Å². The van der Waals surface area contributed by atoms with Gasteiger partial charge in [-0.1, -0.05) is 19.9 Å². The molecule has 1 aromatic carbocycles. The lowest BCUT2D eigenvalue weighted by Crippen LogP contribution is -2.42. The van der Waals surface area contributed by atoms with E-state index in [2.05, 4.69) is 41.7 Å². The van der Waals surface area contributed by atoms with E-state index >= 15 is 0 Å². The SMILES string of the molecule is CCN(CC)CCN1CCc2[nH]c(/C=C3\C(=O)Nc4cccc(S)c43)c(C)c2C1=O. The number of nitrogens with zero attached hydrogens (tertiary/aromatic N) is 2. The Morgan fingerprint density at radius 2 is 1.97 bits per heavy atom. The third kappa shape index (κ3) is 3.56. The molecule has 6 nitrogen and oxygen atoms in total. The van der Waals surface area contributed by atoms with E-state index in [1.807, 2.05) is 36.1 Å². The van der Waals surface area contributed by atoms with E-state index in [-0.39, 0.29) is 11.8 Å². The van der Waals surface area contributed by atoms with E-state index in [1.165, 1.54) is 0 Å². The molecule has 0 aliphatic carbocycles. The molecule has 0 bridgehead atoms. The number of likely N-dealkylation sites (N-methyl/N-ethyl adjacent to an activating group) is 1. The van der Waals surface area contributed by atoms with Gasteiger partial charge in [0.1, 0.15) is 0 Å². The maximum atomic E-state index is 13.2. The molecule has 2 aliphatic rings. The third-order valence-electron chi connectivity index (χ3n) is 6.17. The molecule has 2 N–H and O–H groups in total. The molecular weight excluding hydrogens is 396 g/mol. The fourth-order valence-corrected chi connectivity index (χ4v) is 4.66. The highest BCUT2D eigenvalue weighted by Gasteiger charge is 2.31. The predicted octanol–water partition coefficient (Wildman–Crippen LogP) is 3.44. The van der Waals surface area contributed by atoms with E-state index in [1.54, 1.807) is 0 Å². The number of fused-ring (bicyclic) bond motifs is 2. The second-order valence-electron chi connectivity index (χ2n) is 7.80. The molecule has 158 valence electrons. The molecular formula is C23H28N4O2S. The Labute approximate surface area is 182 Å². The van der Waals surface area contributed by atoms with Gasteiger partial charge in [0.15, 0.2) is 0 Å². The molecule has 30 heavy (non-hydrogen) atoms. The van der Waals surface area contributed by atoms with Crippen molar-refractivity contribution in [3.8, 4) is 0 Å². The zero-order chi connectivity index (χ0) is 21.4. The number of rotatable bonds is 6. The highest BCUT2D eigenvalue weighted by atomic mass is 32.1. The smallest absolute Gasteiger partial charge is 0.256 e. The Balaban J connectivity index is 1.63. The number of H-pyrrole nitrogens is 1. The molecule has 0 spiro atoms. The maximum absolute atomic E-state index is 13.2. The van der Waals surface area contributed by atoms with Gasteiger partial charge in [-0.15, -0.1) is 12.6 Å². The summed E-state index contributed by atoms with van der Waals surface area (Å²) in [6, 6.07) is 5.62. The summed E-state index contributed by atoms with van der Waals surface area (Å²) in [5.41, 5.74) is 5.58. The molecule has 0 atom stereocenters. The highest BCUT2D eigenvalue weighted by molar-refractivity contribution is 7.80. The van der Waals surface area contributed by atoms with Crippen LogP contribution in [0.4, 0.5) is 5.69 Å². The average molecular weight is 425 g/mol. The Hall–Kier alpha value is -2.51. The van der Waals surface area contributed by atoms with Crippen molar-refractivity contribution in [2.75, 3.05) is 38.0 Å². The predicted molar refractivity (Wildman–Crippen MR) is 123 cm³/mol. The van der Waals surface area contributed by atoms with Gasteiger partial charge >= 0.3 is 0 Å². The van der Waals surface area contributed by atoms with E-state index < -0.39 is 0 Å². The molecule has 0 fully saturated rings. The summed E-state index contributed by atoms with van der Waals surface area (Å²) in [5.74, 6) is -0.0707. The Kier molecular flexibility index (Phi) is 5.75. The summed E-state index contributed by atoms with van der Waals surface area (Å²) in [7, 11) is 0. The van der Waals surface area contributed by atoms with Gasteiger partial charge in [0.05, 0.1) is 16.8 Å². The van der Waals surface area contributed by atoms with Gasteiger partial charge in [0, 0.05) is 47.9 Å². The number of carbonyl (C=O) groups excluding carboxylic acids is 2. The first-order valence-electron chi connectivity index (χ1n) is 10.5. The zero-order valence-electron chi connectivity index (χ0n) is 17.7. The normalized spacial score (nSPS) is 17.0. The molecule has 2 amide bonds. The van der Waals surface area contributed by atoms with Crippen LogP contribution in [0, 0.1) is 6.92 Å². The van der Waals surface area contributed by atoms with Crippen molar-refractivity contribution in [2.45, 2.75) is 32.1 Å². The minimum absolute atomic E-state index is 0.0768. The number of benzene rings is 1. The van der Waals surface area contributed by atoms with Crippen molar-refractivity contribution in [3.05, 3.63) is 46.3 Å². The highest BCUT2D eigenvalue weighted by Crippen LogP contribution is 2.38. The number of hydrogen-bond donors (Lipinski definition) is 3. The van der Waals surface area contributed by atoms with Crippen LogP contribution < -0.4 is 5.32 Å². The number of aromatic nitrogens is 1. The van der Waals surface area contributed by atoms with Crippen molar-refractivity contribution in [1.82, 2.24) is 14.8 Å². The maximum Gasteiger partial charge on any atom is 0.256 e. The van der Waals surface area contributed by atoms with Gasteiger partial charge in [-0.2, -0.15) is 0 Å². The van der Waals surface area contributed by atoms with Crippen LogP contribution in [-0.2, 0) is 11.2 Å². The minimum atomic E-state index is -0.148. The fraction of sp³-hybridized carbons (Fsp3) is 0.391. The number of nitrogens with one attached hydrogen (secondary N) is 2. The summed E-state index contributed by atoms with van der Waals surface area (Å²) < 4.78 is 0. The number of thiol groups is 1. The van der Waals surface area contributed by atoms with Crippen LogP contribution in [0.15, 0.2) is 23.1 Å². The summed E-state index contributed by atoms with van der Waals surface area (Å²) in [6.45, 7) is 10.5. The molecule has 3 heterocycles. The lowest BCUT2D eigenvalue weighted by Gasteiger charge is -2.29. The first-order valence-corrected chi connectivity index (χ1v) is 11.0. The van der Waals surface area contributed by atoms with Gasteiger partial charge in [-0.25, -0.2) is 0 Å². The van der Waals surface area contributed by atoms with E-state index in [4.69, 9.17) is 0 Å². The standard InChI is InChI=1S/C23H28N4O2S/c1-4-26(5-2)11-12-27-10-9-17-20(23(27)29)14(3)18(24-17)13-15-21-16(25-22(15)28)7-6-8-19(21)30/h6-8,13,24,30H,4-5,9-12H2,1-3H3,(H,25,28)/b15-13-. The molecule has 2 aliphatic heterocycles. The number of aromatic amines is 1. The summed E-state index contributed by atoms with van der Waals surface area (Å²) in [6.07, 6.45) is 2.64. The fourth-order valence-electron chi connectivity index (χ4n) is 4.34. The molecule has 4 rings (SSSR count). The quantitative estimate of drug-likeness (QED) is 0.492. The van der Waals surface area contributed by atoms with Crippen LogP contribution in [0.3, 0.4) is 0 Å². The number of anilines is 1. The number of amides is 2. The second-order valence-corrected chi connectivity index (χ2v) is 8.28. The van der Waals surface area contributed by atoms with Crippen LogP contribution in [0.25, 0.3) is 11.6 Å². The first-order chi connectivity index (χ1) is 14.4. The summed E-state index contributed by atoms with van der Waals surface area (Å²) >= 11 is 4.53. The minimum Gasteiger partial charge on any atom is -0.358 e. The van der Waals surface area contributed by atoms with Crippen molar-refractivity contribution in [3.63, 3.8) is 0 Å². The molecule has 0 radical (unpaired) electrons. The third-order valence-corrected chi connectivity index (χ3v) is 6.55. The van der Waals surface area contributed by atoms with Gasteiger partial charge in [0.2, 0.25) is 0 Å². The lowest BCUT2D eigenvalue weighted by atomic mass is 10.0. The second kappa shape index (κ2) is 8.32. The molecule has 1 aromatic heterocycles. The Morgan fingerprint density at radius 3 is 2.70 bits per heavy atom. The monoisotopic (exact) mass is 424 g/mol. The van der Waals surface area contributed by atoms with Gasteiger partial charge in [-0.05, 0) is 43.8 Å². The molecule has 7 heteroatoms. The molecule has 0 saturated heterocycles. The van der Waals surface area contributed by atoms with E-state index in [9.17, 15) is 9.59 Å². The lowest BCUT2D eigenvalue weighted by molar-refractivity contribution is -0.110. The summed E-state index contributed by atoms with van der Waals surface area (Å²) in [5, 5.41) is 2.89. The molecule has 0 saturated carbocycles. The van der Waals surface area contributed by atoms with Crippen molar-refractivity contribution in [2.24, 2.45) is 0 Å². The van der Waals surface area contributed by atoms with Crippen LogP contribution in [0.1, 0.15) is 46.7 Å². The van der Waals surface area contributed by atoms with Crippen LogP contribution >= 0.6 is 12.6 Å². The van der Waals surface area contributed by atoms with Crippen LogP contribution in [-0.4, -0.2) is 59.3 Å². The van der Waals surface area contributed by atoms with Crippen molar-refractivity contribution >= 4 is 41.8 Å². The topological polar surface area (TPSA) is 68.4 Å². The summed E-state index contributed by atoms with van der Waals surface area (Å²) in [4.78, 5) is 34.2. The van der Waals surface area contributed by atoms with Gasteiger partial charge in [-0.3, -0.25) is 9.59 Å². The molecule has 0 unspecified atom stereocenters. The van der Waals surface area contributed by atoms with Crippen molar-refractivity contribution in [1.29, 1.82) is 0 Å². The van der Waals surface area contributed by atoms with Crippen molar-refractivity contribution < 1.29 is 9.59 Å². The zero-order valence-corrected chi connectivity index (χ0v) is 18.6. The van der Waals surface area contributed by atoms with E-state index in [0.717, 1.165) is 71.3 Å². The largest absolute Gasteiger partial charge is 0.358 e. The Bertz CT molecular complexity index is 1040. The van der Waals surface area contributed by atoms with Gasteiger partial charge < -0.3 is 20.1 Å². The Morgan fingerprint density at radius 1 is 1.20 bits per heavy atom. The number of hydrogen-bond acceptors (Lipinski definition) is 4. The average Bonchev–Trinajstić information content (AvgIpc) is 3.22. The van der Waals surface area contributed by atoms with Crippen LogP contribution in [0.5, 0.6) is 0 Å². The number of carbonyl (C=O) groups is 2. The van der Waals surface area contributed by atoms with E-state index in [0.29, 0.717) is 12.1 Å². The van der Waals surface area contributed by atoms with Gasteiger partial charge in [0.25, 0.3) is 11.8 Å².